The zero-order valence-electron chi connectivity index (χ0n) is 21.3. The van der Waals surface area contributed by atoms with Gasteiger partial charge in [0.1, 0.15) is 6.04 Å². The Hall–Kier alpha value is -3.91. The molecule has 0 saturated carbocycles. The summed E-state index contributed by atoms with van der Waals surface area (Å²) < 4.78 is 41.5. The van der Waals surface area contributed by atoms with Gasteiger partial charge in [-0.1, -0.05) is 42.5 Å². The van der Waals surface area contributed by atoms with Gasteiger partial charge in [0.2, 0.25) is 15.9 Å². The molecule has 1 aromatic heterocycles. The molecule has 14 heteroatoms. The lowest BCUT2D eigenvalue weighted by molar-refractivity contribution is -0.124. The highest BCUT2D eigenvalue weighted by atomic mass is 35.5. The fourth-order valence-corrected chi connectivity index (χ4v) is 5.75. The van der Waals surface area contributed by atoms with E-state index < -0.39 is 33.8 Å². The number of amides is 1. The lowest BCUT2D eigenvalue weighted by atomic mass is 10.1. The number of nitrogens with one attached hydrogen (secondary N) is 3. The summed E-state index contributed by atoms with van der Waals surface area (Å²) in [5.74, 6) is -1.46. The molecular formula is C26H29ClN6O6S. The van der Waals surface area contributed by atoms with Gasteiger partial charge in [-0.3, -0.25) is 14.8 Å². The minimum absolute atomic E-state index is 0. The number of nitrogens with zero attached hydrogens (tertiary/aromatic N) is 2. The largest absolute Gasteiger partial charge is 0.420 e. The van der Waals surface area contributed by atoms with E-state index in [0.29, 0.717) is 30.8 Å². The van der Waals surface area contributed by atoms with E-state index in [1.165, 1.54) is 16.7 Å². The molecular weight excluding hydrogens is 560 g/mol. The number of guanidine groups is 1. The van der Waals surface area contributed by atoms with Gasteiger partial charge in [0.05, 0.1) is 29.7 Å². The molecule has 0 spiro atoms. The van der Waals surface area contributed by atoms with Crippen LogP contribution in [-0.4, -0.2) is 68.1 Å². The number of carbonyl (C=O) groups is 1. The number of hydrogen-bond acceptors (Lipinski definition) is 7. The van der Waals surface area contributed by atoms with Crippen molar-refractivity contribution >= 4 is 56.2 Å². The van der Waals surface area contributed by atoms with E-state index in [1.807, 2.05) is 12.1 Å². The summed E-state index contributed by atoms with van der Waals surface area (Å²) >= 11 is 0. The zero-order chi connectivity index (χ0) is 27.6. The molecule has 1 aliphatic rings. The maximum absolute atomic E-state index is 13.4. The Morgan fingerprint density at radius 2 is 1.82 bits per heavy atom. The lowest BCUT2D eigenvalue weighted by Gasteiger charge is -2.33. The summed E-state index contributed by atoms with van der Waals surface area (Å²) in [4.78, 5) is 27.6. The van der Waals surface area contributed by atoms with E-state index in [-0.39, 0.29) is 36.4 Å². The van der Waals surface area contributed by atoms with E-state index >= 15 is 0 Å². The number of morpholine rings is 1. The molecule has 1 unspecified atom stereocenters. The Kier molecular flexibility index (Phi) is 8.79. The molecule has 5 rings (SSSR count). The van der Waals surface area contributed by atoms with Crippen molar-refractivity contribution < 1.29 is 22.4 Å². The van der Waals surface area contributed by atoms with Gasteiger partial charge in [-0.15, -0.1) is 12.4 Å². The molecule has 3 aromatic carbocycles. The number of benzene rings is 3. The van der Waals surface area contributed by atoms with Crippen LogP contribution in [0.3, 0.4) is 0 Å². The second-order valence-corrected chi connectivity index (χ2v) is 10.9. The van der Waals surface area contributed by atoms with Crippen molar-refractivity contribution in [3.63, 3.8) is 0 Å². The minimum atomic E-state index is -4.17. The Labute approximate surface area is 236 Å². The zero-order valence-corrected chi connectivity index (χ0v) is 22.9. The Bertz CT molecular complexity index is 1700. The van der Waals surface area contributed by atoms with Crippen molar-refractivity contribution in [1.29, 1.82) is 5.41 Å². The van der Waals surface area contributed by atoms with Crippen molar-refractivity contribution in [2.45, 2.75) is 23.6 Å². The highest BCUT2D eigenvalue weighted by Crippen LogP contribution is 2.20. The van der Waals surface area contributed by atoms with Gasteiger partial charge < -0.3 is 25.1 Å². The lowest BCUT2D eigenvalue weighted by Crippen LogP contribution is -2.54. The second-order valence-electron chi connectivity index (χ2n) is 9.20. The van der Waals surface area contributed by atoms with Gasteiger partial charge in [-0.25, -0.2) is 13.2 Å². The standard InChI is InChI=1S/C26H28N6O6S.ClH/c27-25(28)31-11-12-37-19(15-31)14-29-24(33)21(16-32-22-7-3-4-8-23(22)38-26(32)34)30-39(35,36)20-10-9-17-5-1-2-6-18(17)13-20;/h1-10,13,19,21,30H,11-12,14-16H2,(H3,27,28)(H,29,33);1H/t19?,21-;/m1./s1. The number of sulfonamides is 1. The molecule has 2 heterocycles. The normalized spacial score (nSPS) is 16.4. The maximum atomic E-state index is 13.4. The highest BCUT2D eigenvalue weighted by Gasteiger charge is 2.29. The maximum Gasteiger partial charge on any atom is 0.420 e. The molecule has 212 valence electrons. The van der Waals surface area contributed by atoms with Crippen molar-refractivity contribution in [1.82, 2.24) is 19.5 Å². The van der Waals surface area contributed by atoms with Crippen molar-refractivity contribution in [3.8, 4) is 0 Å². The van der Waals surface area contributed by atoms with Crippen molar-refractivity contribution in [2.75, 3.05) is 26.2 Å². The number of carbonyl (C=O) groups excluding carboxylic acids is 1. The summed E-state index contributed by atoms with van der Waals surface area (Å²) in [7, 11) is -4.17. The van der Waals surface area contributed by atoms with Gasteiger partial charge >= 0.3 is 5.76 Å². The summed E-state index contributed by atoms with van der Waals surface area (Å²) in [6, 6.07) is 17.3. The first-order chi connectivity index (χ1) is 18.7. The molecule has 1 fully saturated rings. The average molecular weight is 589 g/mol. The van der Waals surface area contributed by atoms with Crippen LogP contribution >= 0.6 is 12.4 Å². The molecule has 1 aliphatic heterocycles. The third kappa shape index (κ3) is 6.28. The smallest absolute Gasteiger partial charge is 0.408 e. The van der Waals surface area contributed by atoms with Crippen molar-refractivity contribution in [3.05, 3.63) is 77.3 Å². The molecule has 12 nitrogen and oxygen atoms in total. The SMILES string of the molecule is Cl.N=C(N)N1CCOC(CNC(=O)[C@@H](Cn2c(=O)oc3ccccc32)NS(=O)(=O)c2ccc3ccccc3c2)C1. The quantitative estimate of drug-likeness (QED) is 0.176. The Morgan fingerprint density at radius 1 is 1.10 bits per heavy atom. The first-order valence-electron chi connectivity index (χ1n) is 12.3. The van der Waals surface area contributed by atoms with Gasteiger partial charge in [0.15, 0.2) is 11.5 Å². The molecule has 1 saturated heterocycles. The van der Waals surface area contributed by atoms with Crippen LogP contribution in [0.25, 0.3) is 21.9 Å². The molecule has 0 aliphatic carbocycles. The van der Waals surface area contributed by atoms with Crippen LogP contribution in [0.5, 0.6) is 0 Å². The van der Waals surface area contributed by atoms with Crippen LogP contribution in [0.1, 0.15) is 0 Å². The number of ether oxygens (including phenoxy) is 1. The first kappa shape index (κ1) is 29.1. The molecule has 0 bridgehead atoms. The third-order valence-electron chi connectivity index (χ3n) is 6.57. The first-order valence-corrected chi connectivity index (χ1v) is 13.8. The molecule has 40 heavy (non-hydrogen) atoms. The Balaban J connectivity index is 0.00000370. The van der Waals surface area contributed by atoms with Gasteiger partial charge in [-0.05, 0) is 35.0 Å². The molecule has 4 aromatic rings. The number of halogens is 1. The van der Waals surface area contributed by atoms with E-state index in [0.717, 1.165) is 10.8 Å². The van der Waals surface area contributed by atoms with E-state index in [1.54, 1.807) is 47.4 Å². The van der Waals surface area contributed by atoms with Gasteiger partial charge in [0.25, 0.3) is 0 Å². The van der Waals surface area contributed by atoms with Crippen LogP contribution in [0, 0.1) is 5.41 Å². The monoisotopic (exact) mass is 588 g/mol. The number of oxazole rings is 1. The van der Waals surface area contributed by atoms with E-state index in [2.05, 4.69) is 10.0 Å². The molecule has 0 radical (unpaired) electrons. The van der Waals surface area contributed by atoms with Crippen LogP contribution < -0.4 is 21.5 Å². The number of hydrogen-bond donors (Lipinski definition) is 4. The third-order valence-corrected chi connectivity index (χ3v) is 8.04. The number of para-hydroxylation sites is 2. The molecule has 5 N–H and O–H groups in total. The predicted molar refractivity (Wildman–Crippen MR) is 152 cm³/mol. The number of aromatic nitrogens is 1. The van der Waals surface area contributed by atoms with Crippen LogP contribution in [-0.2, 0) is 26.1 Å². The summed E-state index contributed by atoms with van der Waals surface area (Å²) in [6.45, 7) is 0.839. The van der Waals surface area contributed by atoms with Gasteiger partial charge in [-0.2, -0.15) is 4.72 Å². The Morgan fingerprint density at radius 3 is 2.60 bits per heavy atom. The summed E-state index contributed by atoms with van der Waals surface area (Å²) in [5.41, 5.74) is 6.32. The molecule has 1 amide bonds. The highest BCUT2D eigenvalue weighted by molar-refractivity contribution is 7.89. The average Bonchev–Trinajstić information content (AvgIpc) is 3.25. The summed E-state index contributed by atoms with van der Waals surface area (Å²) in [5, 5.41) is 11.9. The minimum Gasteiger partial charge on any atom is -0.408 e. The van der Waals surface area contributed by atoms with E-state index in [4.69, 9.17) is 20.3 Å². The number of fused-ring (bicyclic) bond motifs is 2. The fourth-order valence-electron chi connectivity index (χ4n) is 4.53. The topological polar surface area (TPSA) is 173 Å². The second kappa shape index (κ2) is 12.1. The fraction of sp³-hybridized carbons (Fsp3) is 0.269. The van der Waals surface area contributed by atoms with E-state index in [9.17, 15) is 18.0 Å². The number of nitrogens with two attached hydrogens (primary N) is 1. The number of rotatable bonds is 8. The van der Waals surface area contributed by atoms with Crippen LogP contribution in [0.2, 0.25) is 0 Å². The summed E-state index contributed by atoms with van der Waals surface area (Å²) in [6.07, 6.45) is -0.457. The van der Waals surface area contributed by atoms with Crippen LogP contribution in [0.15, 0.2) is 80.8 Å². The molecule has 2 atom stereocenters. The van der Waals surface area contributed by atoms with Crippen molar-refractivity contribution in [2.24, 2.45) is 5.73 Å². The van der Waals surface area contributed by atoms with Gasteiger partial charge in [0, 0.05) is 19.6 Å². The predicted octanol–water partition coefficient (Wildman–Crippen LogP) is 1.23. The van der Waals surface area contributed by atoms with Crippen LogP contribution in [0.4, 0.5) is 0 Å².